The summed E-state index contributed by atoms with van der Waals surface area (Å²) in [6.45, 7) is 12.4. The van der Waals surface area contributed by atoms with E-state index >= 15 is 0 Å². The van der Waals surface area contributed by atoms with Gasteiger partial charge in [0.05, 0.1) is 19.3 Å². The zero-order chi connectivity index (χ0) is 15.2. The lowest BCUT2D eigenvalue weighted by atomic mass is 9.91. The number of ether oxygens (including phenoxy) is 1. The van der Waals surface area contributed by atoms with Crippen molar-refractivity contribution in [2.24, 2.45) is 5.92 Å². The highest BCUT2D eigenvalue weighted by Crippen LogP contribution is 2.22. The van der Waals surface area contributed by atoms with Gasteiger partial charge in [0.25, 0.3) is 0 Å². The maximum absolute atomic E-state index is 13.1. The van der Waals surface area contributed by atoms with Crippen molar-refractivity contribution < 1.29 is 9.53 Å². The number of carbonyl (C=O) groups excluding carboxylic acids is 1. The maximum Gasteiger partial charge on any atom is 0.240 e. The molecule has 2 unspecified atom stereocenters. The second kappa shape index (κ2) is 11.5. The predicted molar refractivity (Wildman–Crippen MR) is 98.8 cm³/mol. The number of hydrogen-bond donors (Lipinski definition) is 1. The van der Waals surface area contributed by atoms with Crippen LogP contribution in [0.5, 0.6) is 0 Å². The zero-order valence-corrected chi connectivity index (χ0v) is 16.3. The van der Waals surface area contributed by atoms with Crippen molar-refractivity contribution in [1.82, 2.24) is 15.1 Å². The molecule has 0 radical (unpaired) electrons. The number of nitrogens with one attached hydrogen (secondary N) is 1. The third-order valence-electron chi connectivity index (χ3n) is 4.87. The van der Waals surface area contributed by atoms with Crippen molar-refractivity contribution in [3.8, 4) is 0 Å². The van der Waals surface area contributed by atoms with Crippen molar-refractivity contribution >= 4 is 30.7 Å². The molecule has 0 spiro atoms. The SMILES string of the molecule is CCC(CC)C(C(=O)N1CCNC(C)C1)N1CCOCC1.Cl.Cl. The van der Waals surface area contributed by atoms with Crippen LogP contribution in [-0.4, -0.2) is 73.7 Å². The van der Waals surface area contributed by atoms with Crippen molar-refractivity contribution in [2.45, 2.75) is 45.7 Å². The van der Waals surface area contributed by atoms with E-state index in [-0.39, 0.29) is 30.9 Å². The van der Waals surface area contributed by atoms with E-state index in [0.717, 1.165) is 58.8 Å². The van der Waals surface area contributed by atoms with Crippen LogP contribution in [0.15, 0.2) is 0 Å². The van der Waals surface area contributed by atoms with Gasteiger partial charge in [-0.2, -0.15) is 0 Å². The topological polar surface area (TPSA) is 44.8 Å². The zero-order valence-electron chi connectivity index (χ0n) is 14.6. The molecule has 0 aromatic heterocycles. The van der Waals surface area contributed by atoms with Gasteiger partial charge in [0.1, 0.15) is 0 Å². The van der Waals surface area contributed by atoms with E-state index in [1.807, 2.05) is 0 Å². The minimum atomic E-state index is 0. The number of nitrogens with zero attached hydrogens (tertiary/aromatic N) is 2. The number of amides is 1. The molecule has 2 fully saturated rings. The van der Waals surface area contributed by atoms with Crippen LogP contribution in [0.25, 0.3) is 0 Å². The minimum absolute atomic E-state index is 0. The normalized spacial score (nSPS) is 23.8. The third-order valence-corrected chi connectivity index (χ3v) is 4.87. The van der Waals surface area contributed by atoms with Gasteiger partial charge in [-0.05, 0) is 12.8 Å². The van der Waals surface area contributed by atoms with Crippen molar-refractivity contribution in [3.05, 3.63) is 0 Å². The summed E-state index contributed by atoms with van der Waals surface area (Å²) in [5, 5.41) is 3.41. The summed E-state index contributed by atoms with van der Waals surface area (Å²) in [7, 11) is 0. The van der Waals surface area contributed by atoms with Gasteiger partial charge in [-0.15, -0.1) is 24.8 Å². The smallest absolute Gasteiger partial charge is 0.240 e. The first-order valence-corrected chi connectivity index (χ1v) is 8.51. The Hall–Kier alpha value is -0.0700. The maximum atomic E-state index is 13.1. The van der Waals surface area contributed by atoms with Crippen LogP contribution in [0.3, 0.4) is 0 Å². The van der Waals surface area contributed by atoms with Crippen LogP contribution < -0.4 is 5.32 Å². The molecule has 2 aliphatic heterocycles. The molecule has 138 valence electrons. The fraction of sp³-hybridized carbons (Fsp3) is 0.938. The van der Waals surface area contributed by atoms with Crippen molar-refractivity contribution in [2.75, 3.05) is 45.9 Å². The molecule has 7 heteroatoms. The molecule has 2 heterocycles. The van der Waals surface area contributed by atoms with Gasteiger partial charge < -0.3 is 15.0 Å². The number of rotatable bonds is 5. The Labute approximate surface area is 153 Å². The fourth-order valence-electron chi connectivity index (χ4n) is 3.57. The number of hydrogen-bond acceptors (Lipinski definition) is 4. The molecular weight excluding hydrogens is 337 g/mol. The summed E-state index contributed by atoms with van der Waals surface area (Å²) in [4.78, 5) is 17.5. The molecule has 0 bridgehead atoms. The molecule has 0 aliphatic carbocycles. The summed E-state index contributed by atoms with van der Waals surface area (Å²) >= 11 is 0. The lowest BCUT2D eigenvalue weighted by molar-refractivity contribution is -0.142. The van der Waals surface area contributed by atoms with Crippen LogP contribution in [0.1, 0.15) is 33.6 Å². The Morgan fingerprint density at radius 1 is 1.17 bits per heavy atom. The summed E-state index contributed by atoms with van der Waals surface area (Å²) in [5.74, 6) is 0.778. The van der Waals surface area contributed by atoms with Crippen molar-refractivity contribution in [3.63, 3.8) is 0 Å². The highest BCUT2D eigenvalue weighted by atomic mass is 35.5. The molecule has 0 aromatic rings. The van der Waals surface area contributed by atoms with E-state index < -0.39 is 0 Å². The van der Waals surface area contributed by atoms with Crippen LogP contribution in [0.2, 0.25) is 0 Å². The van der Waals surface area contributed by atoms with Crippen LogP contribution in [-0.2, 0) is 9.53 Å². The van der Waals surface area contributed by atoms with E-state index in [0.29, 0.717) is 17.9 Å². The molecule has 2 saturated heterocycles. The Balaban J connectivity index is 0.00000242. The Bertz CT molecular complexity index is 337. The molecule has 2 atom stereocenters. The second-order valence-electron chi connectivity index (χ2n) is 6.31. The summed E-state index contributed by atoms with van der Waals surface area (Å²) in [6, 6.07) is 0.434. The van der Waals surface area contributed by atoms with E-state index in [2.05, 4.69) is 35.9 Å². The number of halogens is 2. The first kappa shape index (κ1) is 22.9. The summed E-state index contributed by atoms with van der Waals surface area (Å²) in [5.41, 5.74) is 0. The average Bonchev–Trinajstić information content (AvgIpc) is 2.52. The third kappa shape index (κ3) is 6.05. The van der Waals surface area contributed by atoms with E-state index in [1.165, 1.54) is 0 Å². The lowest BCUT2D eigenvalue weighted by Gasteiger charge is -2.42. The standard InChI is InChI=1S/C16H31N3O2.2ClH/c1-4-14(5-2)15(18-8-10-21-11-9-18)16(20)19-7-6-17-13(3)12-19;;/h13-15,17H,4-12H2,1-3H3;2*1H. The Morgan fingerprint density at radius 3 is 2.30 bits per heavy atom. The molecule has 0 saturated carbocycles. The molecule has 2 aliphatic rings. The summed E-state index contributed by atoms with van der Waals surface area (Å²) in [6.07, 6.45) is 2.12. The minimum Gasteiger partial charge on any atom is -0.379 e. The Morgan fingerprint density at radius 2 is 1.78 bits per heavy atom. The van der Waals surface area contributed by atoms with Crippen LogP contribution in [0, 0.1) is 5.92 Å². The molecule has 1 amide bonds. The molecule has 1 N–H and O–H groups in total. The van der Waals surface area contributed by atoms with Gasteiger partial charge in [-0.25, -0.2) is 0 Å². The predicted octanol–water partition coefficient (Wildman–Crippen LogP) is 1.79. The van der Waals surface area contributed by atoms with Crippen LogP contribution in [0.4, 0.5) is 0 Å². The first-order valence-electron chi connectivity index (χ1n) is 8.51. The number of morpholine rings is 1. The second-order valence-corrected chi connectivity index (χ2v) is 6.31. The molecule has 2 rings (SSSR count). The quantitative estimate of drug-likeness (QED) is 0.802. The molecule has 23 heavy (non-hydrogen) atoms. The molecule has 5 nitrogen and oxygen atoms in total. The van der Waals surface area contributed by atoms with Gasteiger partial charge in [0, 0.05) is 38.8 Å². The number of piperazine rings is 1. The van der Waals surface area contributed by atoms with Gasteiger partial charge in [0.2, 0.25) is 5.91 Å². The Kier molecular flexibility index (Phi) is 11.4. The first-order chi connectivity index (χ1) is 10.2. The lowest BCUT2D eigenvalue weighted by Crippen LogP contribution is -2.59. The average molecular weight is 370 g/mol. The highest BCUT2D eigenvalue weighted by Gasteiger charge is 2.36. The number of carbonyl (C=O) groups is 1. The highest BCUT2D eigenvalue weighted by molar-refractivity contribution is 5.85. The van der Waals surface area contributed by atoms with Gasteiger partial charge in [-0.3, -0.25) is 9.69 Å². The monoisotopic (exact) mass is 369 g/mol. The molecule has 0 aromatic carbocycles. The van der Waals surface area contributed by atoms with Crippen LogP contribution >= 0.6 is 24.8 Å². The van der Waals surface area contributed by atoms with Gasteiger partial charge in [0.15, 0.2) is 0 Å². The largest absolute Gasteiger partial charge is 0.379 e. The fourth-order valence-corrected chi connectivity index (χ4v) is 3.57. The summed E-state index contributed by atoms with van der Waals surface area (Å²) < 4.78 is 5.46. The van der Waals surface area contributed by atoms with E-state index in [9.17, 15) is 4.79 Å². The molecular formula is C16H33Cl2N3O2. The van der Waals surface area contributed by atoms with E-state index in [4.69, 9.17) is 4.74 Å². The van der Waals surface area contributed by atoms with Gasteiger partial charge in [-0.1, -0.05) is 26.7 Å². The van der Waals surface area contributed by atoms with Gasteiger partial charge >= 0.3 is 0 Å². The van der Waals surface area contributed by atoms with Crippen molar-refractivity contribution in [1.29, 1.82) is 0 Å². The van der Waals surface area contributed by atoms with E-state index in [1.54, 1.807) is 0 Å².